The van der Waals surface area contributed by atoms with E-state index in [0.29, 0.717) is 49.4 Å². The van der Waals surface area contributed by atoms with Gasteiger partial charge in [-0.1, -0.05) is 37.1 Å². The van der Waals surface area contributed by atoms with Crippen molar-refractivity contribution in [2.75, 3.05) is 13.1 Å². The number of benzene rings is 1. The van der Waals surface area contributed by atoms with Gasteiger partial charge in [-0.05, 0) is 49.8 Å². The summed E-state index contributed by atoms with van der Waals surface area (Å²) in [4.78, 5) is 56.0. The zero-order valence-corrected chi connectivity index (χ0v) is 20.1. The number of carbonyl (C=O) groups excluding carboxylic acids is 4. The fourth-order valence-electron chi connectivity index (χ4n) is 6.73. The van der Waals surface area contributed by atoms with E-state index in [1.807, 2.05) is 19.9 Å². The van der Waals surface area contributed by atoms with Crippen molar-refractivity contribution < 1.29 is 24.3 Å². The van der Waals surface area contributed by atoms with Crippen LogP contribution in [0.25, 0.3) is 0 Å². The fourth-order valence-corrected chi connectivity index (χ4v) is 6.91. The molecule has 8 heteroatoms. The van der Waals surface area contributed by atoms with Gasteiger partial charge in [-0.25, -0.2) is 0 Å². The van der Waals surface area contributed by atoms with Crippen molar-refractivity contribution in [1.82, 2.24) is 9.80 Å². The predicted octanol–water partition coefficient (Wildman–Crippen LogP) is 3.50. The molecule has 1 aromatic carbocycles. The molecule has 2 saturated heterocycles. The standard InChI is InChI=1S/C26H29ClN2O5/c1-3-9-28-23(31)15-7-6-14-16(21(15)25(28)33)12-18-22(26(34)29(10-4-2)24(18)32)20(14)17-11-13(27)5-8-19(17)30/h5-6,8,11,15-16,18,20-22,30H,3-4,7,9-10,12H2,1-2H3/t15-,16+,18+,20+,21-,22+/m0/s1. The van der Waals surface area contributed by atoms with E-state index in [1.165, 1.54) is 15.9 Å². The van der Waals surface area contributed by atoms with Gasteiger partial charge >= 0.3 is 0 Å². The van der Waals surface area contributed by atoms with Crippen LogP contribution in [-0.2, 0) is 19.2 Å². The van der Waals surface area contributed by atoms with E-state index in [0.717, 1.165) is 5.57 Å². The number of rotatable bonds is 5. The number of hydrogen-bond acceptors (Lipinski definition) is 5. The number of phenols is 1. The molecule has 2 aliphatic heterocycles. The summed E-state index contributed by atoms with van der Waals surface area (Å²) in [5.41, 5.74) is 1.37. The summed E-state index contributed by atoms with van der Waals surface area (Å²) in [6.07, 6.45) is 4.09. The molecule has 1 N–H and O–H groups in total. The molecule has 34 heavy (non-hydrogen) atoms. The third-order valence-electron chi connectivity index (χ3n) is 8.05. The summed E-state index contributed by atoms with van der Waals surface area (Å²) >= 11 is 6.28. The van der Waals surface area contributed by atoms with Crippen LogP contribution in [0.3, 0.4) is 0 Å². The molecule has 4 amide bonds. The number of halogens is 1. The molecule has 0 spiro atoms. The molecule has 2 heterocycles. The maximum absolute atomic E-state index is 13.5. The van der Waals surface area contributed by atoms with E-state index in [2.05, 4.69) is 0 Å². The molecule has 1 aromatic rings. The zero-order valence-electron chi connectivity index (χ0n) is 19.4. The molecule has 5 rings (SSSR count). The highest BCUT2D eigenvalue weighted by atomic mass is 35.5. The topological polar surface area (TPSA) is 95.0 Å². The van der Waals surface area contributed by atoms with Crippen molar-refractivity contribution in [1.29, 1.82) is 0 Å². The lowest BCUT2D eigenvalue weighted by atomic mass is 9.57. The number of nitrogens with zero attached hydrogens (tertiary/aromatic N) is 2. The second-order valence-corrected chi connectivity index (χ2v) is 10.3. The first-order chi connectivity index (χ1) is 16.3. The Labute approximate surface area is 203 Å². The van der Waals surface area contributed by atoms with Gasteiger partial charge in [0.05, 0.1) is 23.7 Å². The van der Waals surface area contributed by atoms with Crippen molar-refractivity contribution in [3.63, 3.8) is 0 Å². The van der Waals surface area contributed by atoms with E-state index in [9.17, 15) is 24.3 Å². The fraction of sp³-hybridized carbons (Fsp3) is 0.538. The molecule has 0 aromatic heterocycles. The minimum absolute atomic E-state index is 0.00690. The van der Waals surface area contributed by atoms with Gasteiger partial charge in [-0.2, -0.15) is 0 Å². The zero-order chi connectivity index (χ0) is 24.3. The molecule has 0 unspecified atom stereocenters. The third kappa shape index (κ3) is 3.23. The highest BCUT2D eigenvalue weighted by molar-refractivity contribution is 6.30. The van der Waals surface area contributed by atoms with Crippen LogP contribution in [0.2, 0.25) is 5.02 Å². The Morgan fingerprint density at radius 2 is 1.50 bits per heavy atom. The van der Waals surface area contributed by atoms with Crippen LogP contribution >= 0.6 is 11.6 Å². The molecule has 7 nitrogen and oxygen atoms in total. The number of carbonyl (C=O) groups is 4. The van der Waals surface area contributed by atoms with E-state index < -0.39 is 29.6 Å². The second kappa shape index (κ2) is 8.52. The summed E-state index contributed by atoms with van der Waals surface area (Å²) in [6, 6.07) is 4.73. The normalized spacial score (nSPS) is 32.6. The lowest BCUT2D eigenvalue weighted by Crippen LogP contribution is -2.43. The van der Waals surface area contributed by atoms with Gasteiger partial charge in [0.15, 0.2) is 0 Å². The van der Waals surface area contributed by atoms with E-state index in [4.69, 9.17) is 11.6 Å². The van der Waals surface area contributed by atoms with Gasteiger partial charge in [-0.15, -0.1) is 0 Å². The lowest BCUT2D eigenvalue weighted by Gasteiger charge is -2.44. The van der Waals surface area contributed by atoms with Crippen LogP contribution in [0.4, 0.5) is 0 Å². The third-order valence-corrected chi connectivity index (χ3v) is 8.29. The molecular weight excluding hydrogens is 456 g/mol. The lowest BCUT2D eigenvalue weighted by molar-refractivity contribution is -0.142. The van der Waals surface area contributed by atoms with Crippen LogP contribution in [-0.4, -0.2) is 51.6 Å². The molecule has 0 bridgehead atoms. The van der Waals surface area contributed by atoms with Crippen molar-refractivity contribution in [3.8, 4) is 5.75 Å². The van der Waals surface area contributed by atoms with Gasteiger partial charge in [0.2, 0.25) is 23.6 Å². The molecule has 180 valence electrons. The Balaban J connectivity index is 1.64. The molecule has 3 fully saturated rings. The predicted molar refractivity (Wildman–Crippen MR) is 125 cm³/mol. The highest BCUT2D eigenvalue weighted by Gasteiger charge is 2.61. The number of aromatic hydroxyl groups is 1. The van der Waals surface area contributed by atoms with E-state index >= 15 is 0 Å². The van der Waals surface area contributed by atoms with Gasteiger partial charge in [0.1, 0.15) is 5.75 Å². The van der Waals surface area contributed by atoms with Crippen molar-refractivity contribution in [3.05, 3.63) is 40.4 Å². The van der Waals surface area contributed by atoms with Gasteiger partial charge < -0.3 is 5.11 Å². The quantitative estimate of drug-likeness (QED) is 0.510. The van der Waals surface area contributed by atoms with E-state index in [1.54, 1.807) is 12.1 Å². The van der Waals surface area contributed by atoms with Gasteiger partial charge in [0, 0.05) is 29.6 Å². The summed E-state index contributed by atoms with van der Waals surface area (Å²) in [5.74, 6) is -3.87. The Bertz CT molecular complexity index is 1110. The summed E-state index contributed by atoms with van der Waals surface area (Å²) in [5, 5.41) is 11.2. The van der Waals surface area contributed by atoms with Gasteiger partial charge in [-0.3, -0.25) is 29.0 Å². The molecule has 6 atom stereocenters. The molecule has 4 aliphatic rings. The Morgan fingerprint density at radius 3 is 2.15 bits per heavy atom. The van der Waals surface area contributed by atoms with Crippen LogP contribution in [0.1, 0.15) is 51.0 Å². The average Bonchev–Trinajstić information content (AvgIpc) is 3.20. The highest BCUT2D eigenvalue weighted by Crippen LogP contribution is 2.58. The molecular formula is C26H29ClN2O5. The maximum atomic E-state index is 13.5. The summed E-state index contributed by atoms with van der Waals surface area (Å²) < 4.78 is 0. The minimum atomic E-state index is -0.651. The Kier molecular flexibility index (Phi) is 5.79. The maximum Gasteiger partial charge on any atom is 0.234 e. The smallest absolute Gasteiger partial charge is 0.234 e. The summed E-state index contributed by atoms with van der Waals surface area (Å²) in [7, 11) is 0. The first kappa shape index (κ1) is 23.1. The molecule has 2 aliphatic carbocycles. The SMILES string of the molecule is CCCN1C(=O)[C@H]2[C@H](CC=C3[C@H]2C[C@H]2C(=O)N(CCC)C(=O)[C@H]2[C@H]3c2cc(Cl)ccc2O)C1=O. The molecule has 1 saturated carbocycles. The average molecular weight is 485 g/mol. The van der Waals surface area contributed by atoms with Crippen LogP contribution in [0, 0.1) is 29.6 Å². The molecule has 0 radical (unpaired) electrons. The minimum Gasteiger partial charge on any atom is -0.508 e. The number of likely N-dealkylation sites (tertiary alicyclic amines) is 2. The number of imide groups is 2. The van der Waals surface area contributed by atoms with Crippen LogP contribution < -0.4 is 0 Å². The first-order valence-electron chi connectivity index (χ1n) is 12.2. The number of allylic oxidation sites excluding steroid dienone is 2. The van der Waals surface area contributed by atoms with Crippen LogP contribution in [0.15, 0.2) is 29.8 Å². The second-order valence-electron chi connectivity index (χ2n) is 9.88. The number of hydrogen-bond donors (Lipinski definition) is 1. The Hall–Kier alpha value is -2.67. The van der Waals surface area contributed by atoms with Gasteiger partial charge in [0.25, 0.3) is 0 Å². The van der Waals surface area contributed by atoms with Crippen molar-refractivity contribution >= 4 is 35.2 Å². The van der Waals surface area contributed by atoms with Crippen molar-refractivity contribution in [2.45, 2.75) is 45.4 Å². The van der Waals surface area contributed by atoms with Crippen LogP contribution in [0.5, 0.6) is 5.75 Å². The number of phenolic OH excluding ortho intramolecular Hbond substituents is 1. The number of amides is 4. The summed E-state index contributed by atoms with van der Waals surface area (Å²) in [6.45, 7) is 4.58. The van der Waals surface area contributed by atoms with E-state index in [-0.39, 0.29) is 35.3 Å². The number of fused-ring (bicyclic) bond motifs is 4. The monoisotopic (exact) mass is 484 g/mol. The Morgan fingerprint density at radius 1 is 0.882 bits per heavy atom. The first-order valence-corrected chi connectivity index (χ1v) is 12.6. The van der Waals surface area contributed by atoms with Crippen molar-refractivity contribution in [2.24, 2.45) is 29.6 Å². The largest absolute Gasteiger partial charge is 0.508 e.